The molecule has 2 N–H and O–H groups in total. The first-order valence-corrected chi connectivity index (χ1v) is 8.01. The Morgan fingerprint density at radius 3 is 2.82 bits per heavy atom. The molecule has 1 amide bonds. The average Bonchev–Trinajstić information content (AvgIpc) is 2.53. The van der Waals surface area contributed by atoms with Gasteiger partial charge in [-0.3, -0.25) is 4.79 Å². The third-order valence-electron chi connectivity index (χ3n) is 4.35. The Kier molecular flexibility index (Phi) is 6.34. The van der Waals surface area contributed by atoms with Gasteiger partial charge in [0, 0.05) is 13.0 Å². The van der Waals surface area contributed by atoms with Gasteiger partial charge in [0.1, 0.15) is 5.82 Å². The molecule has 0 aromatic heterocycles. The predicted octanol–water partition coefficient (Wildman–Crippen LogP) is 2.10. The number of piperidine rings is 1. The zero-order valence-electron chi connectivity index (χ0n) is 13.1. The Labute approximate surface area is 131 Å². The summed E-state index contributed by atoms with van der Waals surface area (Å²) in [5.74, 6) is 0.00470. The number of carbonyl (C=O) groups excluding carboxylic acids is 1. The number of aliphatic hydroxyl groups excluding tert-OH is 1. The molecule has 22 heavy (non-hydrogen) atoms. The highest BCUT2D eigenvalue weighted by atomic mass is 19.1. The fourth-order valence-corrected chi connectivity index (χ4v) is 2.88. The standard InChI is InChI=1S/C17H25FN2O2/c1-2-20-8-6-13(7-9-20)10-17(22)19-12-16(21)14-4-3-5-15(18)11-14/h3-5,11,13,16,21H,2,6-10,12H2,1H3,(H,19,22)/t16-/m0/s1. The zero-order chi connectivity index (χ0) is 15.9. The molecule has 0 spiro atoms. The first kappa shape index (κ1) is 16.9. The van der Waals surface area contributed by atoms with Gasteiger partial charge >= 0.3 is 0 Å². The van der Waals surface area contributed by atoms with E-state index in [-0.39, 0.29) is 18.3 Å². The van der Waals surface area contributed by atoms with Crippen LogP contribution in [0.2, 0.25) is 0 Å². The summed E-state index contributed by atoms with van der Waals surface area (Å²) in [6, 6.07) is 5.83. The summed E-state index contributed by atoms with van der Waals surface area (Å²) in [7, 11) is 0. The highest BCUT2D eigenvalue weighted by Crippen LogP contribution is 2.20. The van der Waals surface area contributed by atoms with Crippen molar-refractivity contribution in [1.29, 1.82) is 0 Å². The van der Waals surface area contributed by atoms with Crippen LogP contribution in [0.4, 0.5) is 4.39 Å². The number of carbonyl (C=O) groups is 1. The molecule has 1 fully saturated rings. The topological polar surface area (TPSA) is 52.6 Å². The summed E-state index contributed by atoms with van der Waals surface area (Å²) in [6.07, 6.45) is 1.73. The van der Waals surface area contributed by atoms with Crippen LogP contribution >= 0.6 is 0 Å². The number of nitrogens with zero attached hydrogens (tertiary/aromatic N) is 1. The quantitative estimate of drug-likeness (QED) is 0.846. The molecule has 1 heterocycles. The van der Waals surface area contributed by atoms with Crippen LogP contribution in [0.3, 0.4) is 0 Å². The lowest BCUT2D eigenvalue weighted by Gasteiger charge is -2.30. The Morgan fingerprint density at radius 1 is 1.45 bits per heavy atom. The van der Waals surface area contributed by atoms with E-state index in [0.717, 1.165) is 32.5 Å². The van der Waals surface area contributed by atoms with Crippen LogP contribution in [-0.4, -0.2) is 42.1 Å². The van der Waals surface area contributed by atoms with Crippen LogP contribution in [0.25, 0.3) is 0 Å². The molecule has 1 atom stereocenters. The zero-order valence-corrected chi connectivity index (χ0v) is 13.1. The first-order chi connectivity index (χ1) is 10.6. The number of hydrogen-bond donors (Lipinski definition) is 2. The van der Waals surface area contributed by atoms with Crippen LogP contribution in [-0.2, 0) is 4.79 Å². The number of nitrogens with one attached hydrogen (secondary N) is 1. The molecule has 4 nitrogen and oxygen atoms in total. The molecule has 0 aliphatic carbocycles. The number of rotatable bonds is 6. The minimum Gasteiger partial charge on any atom is -0.387 e. The molecule has 0 bridgehead atoms. The van der Waals surface area contributed by atoms with Crippen LogP contribution in [0, 0.1) is 11.7 Å². The molecule has 0 saturated carbocycles. The highest BCUT2D eigenvalue weighted by molar-refractivity contribution is 5.76. The summed E-state index contributed by atoms with van der Waals surface area (Å²) in [6.45, 7) is 5.45. The van der Waals surface area contributed by atoms with E-state index in [4.69, 9.17) is 0 Å². The third-order valence-corrected chi connectivity index (χ3v) is 4.35. The summed E-state index contributed by atoms with van der Waals surface area (Å²) in [4.78, 5) is 14.3. The van der Waals surface area contributed by atoms with Crippen LogP contribution in [0.15, 0.2) is 24.3 Å². The molecule has 0 radical (unpaired) electrons. The maximum Gasteiger partial charge on any atom is 0.220 e. The van der Waals surface area contributed by atoms with Gasteiger partial charge in [-0.1, -0.05) is 19.1 Å². The molecule has 1 aromatic rings. The first-order valence-electron chi connectivity index (χ1n) is 8.01. The van der Waals surface area contributed by atoms with Crippen molar-refractivity contribution in [1.82, 2.24) is 10.2 Å². The molecule has 0 unspecified atom stereocenters. The van der Waals surface area contributed by atoms with E-state index in [1.807, 2.05) is 0 Å². The molecule has 2 rings (SSSR count). The Morgan fingerprint density at radius 2 is 2.18 bits per heavy atom. The van der Waals surface area contributed by atoms with Crippen LogP contribution in [0.1, 0.15) is 37.9 Å². The molecule has 5 heteroatoms. The largest absolute Gasteiger partial charge is 0.387 e. The van der Waals surface area contributed by atoms with Crippen molar-refractivity contribution in [2.24, 2.45) is 5.92 Å². The second-order valence-electron chi connectivity index (χ2n) is 5.96. The molecular weight excluding hydrogens is 283 g/mol. The van der Waals surface area contributed by atoms with E-state index in [1.165, 1.54) is 12.1 Å². The summed E-state index contributed by atoms with van der Waals surface area (Å²) >= 11 is 0. The third kappa shape index (κ3) is 5.07. The predicted molar refractivity (Wildman–Crippen MR) is 83.8 cm³/mol. The smallest absolute Gasteiger partial charge is 0.220 e. The molecule has 1 aliphatic rings. The van der Waals surface area contributed by atoms with E-state index >= 15 is 0 Å². The van der Waals surface area contributed by atoms with Crippen molar-refractivity contribution in [3.05, 3.63) is 35.6 Å². The lowest BCUT2D eigenvalue weighted by atomic mass is 9.93. The van der Waals surface area contributed by atoms with E-state index in [2.05, 4.69) is 17.1 Å². The van der Waals surface area contributed by atoms with Crippen molar-refractivity contribution in [3.8, 4) is 0 Å². The van der Waals surface area contributed by atoms with E-state index in [1.54, 1.807) is 12.1 Å². The molecule has 1 aliphatic heterocycles. The number of hydrogen-bond acceptors (Lipinski definition) is 3. The maximum absolute atomic E-state index is 13.1. The second kappa shape index (κ2) is 8.25. The van der Waals surface area contributed by atoms with E-state index in [0.29, 0.717) is 17.9 Å². The number of halogens is 1. The monoisotopic (exact) mass is 308 g/mol. The van der Waals surface area contributed by atoms with E-state index in [9.17, 15) is 14.3 Å². The van der Waals surface area contributed by atoms with Gasteiger partial charge in [0.2, 0.25) is 5.91 Å². The molecule has 122 valence electrons. The van der Waals surface area contributed by atoms with Gasteiger partial charge in [0.25, 0.3) is 0 Å². The van der Waals surface area contributed by atoms with E-state index < -0.39 is 6.10 Å². The van der Waals surface area contributed by atoms with Crippen LogP contribution in [0.5, 0.6) is 0 Å². The second-order valence-corrected chi connectivity index (χ2v) is 5.96. The molecule has 1 aromatic carbocycles. The van der Waals surface area contributed by atoms with Crippen LogP contribution < -0.4 is 5.32 Å². The fraction of sp³-hybridized carbons (Fsp3) is 0.588. The van der Waals surface area contributed by atoms with Crippen molar-refractivity contribution in [2.75, 3.05) is 26.2 Å². The van der Waals surface area contributed by atoms with Crippen molar-refractivity contribution < 1.29 is 14.3 Å². The highest BCUT2D eigenvalue weighted by Gasteiger charge is 2.20. The number of amides is 1. The Hall–Kier alpha value is -1.46. The molecular formula is C17H25FN2O2. The lowest BCUT2D eigenvalue weighted by Crippen LogP contribution is -2.36. The summed E-state index contributed by atoms with van der Waals surface area (Å²) in [5, 5.41) is 12.7. The van der Waals surface area contributed by atoms with Gasteiger partial charge in [-0.2, -0.15) is 0 Å². The normalized spacial score (nSPS) is 18.1. The van der Waals surface area contributed by atoms with Gasteiger partial charge in [-0.15, -0.1) is 0 Å². The minimum atomic E-state index is -0.874. The number of benzene rings is 1. The summed E-state index contributed by atoms with van der Waals surface area (Å²) in [5.41, 5.74) is 0.483. The summed E-state index contributed by atoms with van der Waals surface area (Å²) < 4.78 is 13.1. The van der Waals surface area contributed by atoms with Gasteiger partial charge in [0.15, 0.2) is 0 Å². The van der Waals surface area contributed by atoms with Gasteiger partial charge in [0.05, 0.1) is 6.10 Å². The number of likely N-dealkylation sites (tertiary alicyclic amines) is 1. The van der Waals surface area contributed by atoms with Crippen molar-refractivity contribution in [2.45, 2.75) is 32.3 Å². The Bertz CT molecular complexity index is 487. The fourth-order valence-electron chi connectivity index (χ4n) is 2.88. The van der Waals surface area contributed by atoms with Gasteiger partial charge < -0.3 is 15.3 Å². The Balaban J connectivity index is 1.71. The average molecular weight is 308 g/mol. The van der Waals surface area contributed by atoms with Crippen molar-refractivity contribution in [3.63, 3.8) is 0 Å². The van der Waals surface area contributed by atoms with Gasteiger partial charge in [-0.25, -0.2) is 4.39 Å². The lowest BCUT2D eigenvalue weighted by molar-refractivity contribution is -0.122. The maximum atomic E-state index is 13.1. The minimum absolute atomic E-state index is 0.0367. The number of aliphatic hydroxyl groups is 1. The molecule has 1 saturated heterocycles. The SMILES string of the molecule is CCN1CCC(CC(=O)NC[C@H](O)c2cccc(F)c2)CC1. The van der Waals surface area contributed by atoms with Crippen molar-refractivity contribution >= 4 is 5.91 Å². The van der Waals surface area contributed by atoms with Gasteiger partial charge in [-0.05, 0) is 56.1 Å².